The molecule has 0 saturated heterocycles. The molecule has 2 rings (SSSR count). The summed E-state index contributed by atoms with van der Waals surface area (Å²) < 4.78 is 1.23. The number of carboxylic acid groups (broad SMARTS) is 1. The maximum atomic E-state index is 11.6. The number of amides is 2. The summed E-state index contributed by atoms with van der Waals surface area (Å²) in [5, 5.41) is 19.6. The van der Waals surface area contributed by atoms with Crippen LogP contribution in [0.15, 0.2) is 23.3 Å². The Bertz CT molecular complexity index is 581. The molecule has 2 aromatic rings. The van der Waals surface area contributed by atoms with Crippen molar-refractivity contribution in [2.75, 3.05) is 11.9 Å². The molecule has 0 radical (unpaired) electrons. The van der Waals surface area contributed by atoms with E-state index in [2.05, 4.69) is 20.7 Å². The number of hydrogen-bond acceptors (Lipinski definition) is 5. The summed E-state index contributed by atoms with van der Waals surface area (Å²) in [6.07, 6.45) is 3.51. The third-order valence-electron chi connectivity index (χ3n) is 2.34. The van der Waals surface area contributed by atoms with Crippen molar-refractivity contribution in [1.29, 1.82) is 0 Å². The normalized spacial score (nSPS) is 10.2. The van der Waals surface area contributed by atoms with E-state index in [4.69, 9.17) is 5.11 Å². The van der Waals surface area contributed by atoms with Crippen LogP contribution in [0.3, 0.4) is 0 Å². The van der Waals surface area contributed by atoms with Gasteiger partial charge in [0.25, 0.3) is 0 Å². The van der Waals surface area contributed by atoms with Crippen LogP contribution in [0, 0.1) is 0 Å². The number of nitrogens with one attached hydrogen (secondary N) is 2. The third kappa shape index (κ3) is 4.35. The second-order valence-electron chi connectivity index (χ2n) is 3.93. The van der Waals surface area contributed by atoms with Gasteiger partial charge in [-0.3, -0.25) is 9.48 Å². The first-order valence-electron chi connectivity index (χ1n) is 5.79. The molecule has 0 saturated carbocycles. The summed E-state index contributed by atoms with van der Waals surface area (Å²) in [6.45, 7) is 0.228. The lowest BCUT2D eigenvalue weighted by Crippen LogP contribution is -2.30. The number of hydrogen-bond donors (Lipinski definition) is 3. The number of thiazole rings is 1. The third-order valence-corrected chi connectivity index (χ3v) is 2.97. The van der Waals surface area contributed by atoms with E-state index in [0.29, 0.717) is 18.7 Å². The highest BCUT2D eigenvalue weighted by molar-refractivity contribution is 7.07. The summed E-state index contributed by atoms with van der Waals surface area (Å²) in [6, 6.07) is -0.366. The zero-order valence-electron chi connectivity index (χ0n) is 10.4. The smallest absolute Gasteiger partial charge is 0.325 e. The number of aliphatic carboxylic acids is 1. The van der Waals surface area contributed by atoms with E-state index in [0.717, 1.165) is 5.69 Å². The summed E-state index contributed by atoms with van der Waals surface area (Å²) in [4.78, 5) is 26.2. The summed E-state index contributed by atoms with van der Waals surface area (Å²) in [5.41, 5.74) is 3.12. The van der Waals surface area contributed by atoms with Gasteiger partial charge in [0.1, 0.15) is 6.54 Å². The van der Waals surface area contributed by atoms with Crippen molar-refractivity contribution in [3.05, 3.63) is 29.0 Å². The lowest BCUT2D eigenvalue weighted by Gasteiger charge is -2.04. The Morgan fingerprint density at radius 2 is 2.30 bits per heavy atom. The van der Waals surface area contributed by atoms with Crippen molar-refractivity contribution in [3.8, 4) is 0 Å². The molecule has 0 aliphatic heterocycles. The average Bonchev–Trinajstić information content (AvgIpc) is 3.00. The fourth-order valence-corrected chi connectivity index (χ4v) is 2.09. The van der Waals surface area contributed by atoms with Crippen LogP contribution in [0.2, 0.25) is 0 Å². The number of carbonyl (C=O) groups is 2. The first kappa shape index (κ1) is 14.0. The van der Waals surface area contributed by atoms with E-state index in [1.54, 1.807) is 5.51 Å². The molecule has 20 heavy (non-hydrogen) atoms. The second-order valence-corrected chi connectivity index (χ2v) is 4.65. The van der Waals surface area contributed by atoms with Gasteiger partial charge in [0, 0.05) is 24.5 Å². The van der Waals surface area contributed by atoms with E-state index in [1.165, 1.54) is 28.4 Å². The highest BCUT2D eigenvalue weighted by Crippen LogP contribution is 2.04. The Balaban J connectivity index is 1.73. The molecule has 0 aliphatic rings. The summed E-state index contributed by atoms with van der Waals surface area (Å²) in [7, 11) is 0. The predicted molar refractivity (Wildman–Crippen MR) is 72.7 cm³/mol. The van der Waals surface area contributed by atoms with Crippen LogP contribution >= 0.6 is 11.3 Å². The Morgan fingerprint density at radius 1 is 1.45 bits per heavy atom. The van der Waals surface area contributed by atoms with Gasteiger partial charge in [-0.2, -0.15) is 5.10 Å². The Hall–Kier alpha value is -2.42. The van der Waals surface area contributed by atoms with Crippen LogP contribution in [0.4, 0.5) is 10.5 Å². The van der Waals surface area contributed by atoms with E-state index in [1.807, 2.05) is 5.38 Å². The van der Waals surface area contributed by atoms with Gasteiger partial charge in [-0.05, 0) is 0 Å². The Labute approximate surface area is 118 Å². The Morgan fingerprint density at radius 3 is 3.00 bits per heavy atom. The Kier molecular flexibility index (Phi) is 4.66. The molecule has 3 N–H and O–H groups in total. The first-order valence-corrected chi connectivity index (χ1v) is 6.74. The van der Waals surface area contributed by atoms with Crippen molar-refractivity contribution in [1.82, 2.24) is 20.1 Å². The summed E-state index contributed by atoms with van der Waals surface area (Å²) >= 11 is 1.51. The van der Waals surface area contributed by atoms with Crippen molar-refractivity contribution in [2.24, 2.45) is 0 Å². The topological polar surface area (TPSA) is 109 Å². The van der Waals surface area contributed by atoms with Gasteiger partial charge in [-0.1, -0.05) is 0 Å². The molecule has 0 atom stereocenters. The van der Waals surface area contributed by atoms with Crippen LogP contribution in [0.1, 0.15) is 5.69 Å². The van der Waals surface area contributed by atoms with Gasteiger partial charge >= 0.3 is 12.0 Å². The lowest BCUT2D eigenvalue weighted by molar-refractivity contribution is -0.137. The quantitative estimate of drug-likeness (QED) is 0.730. The second kappa shape index (κ2) is 6.66. The van der Waals surface area contributed by atoms with Gasteiger partial charge < -0.3 is 15.7 Å². The number of carboxylic acids is 1. The minimum Gasteiger partial charge on any atom is -0.480 e. The first-order chi connectivity index (χ1) is 9.63. The maximum absolute atomic E-state index is 11.6. The van der Waals surface area contributed by atoms with Crippen LogP contribution in [-0.2, 0) is 17.8 Å². The van der Waals surface area contributed by atoms with E-state index in [-0.39, 0.29) is 12.6 Å². The zero-order valence-corrected chi connectivity index (χ0v) is 11.3. The molecule has 0 fully saturated rings. The molecule has 0 aromatic carbocycles. The van der Waals surface area contributed by atoms with Crippen LogP contribution < -0.4 is 10.6 Å². The van der Waals surface area contributed by atoms with E-state index >= 15 is 0 Å². The maximum Gasteiger partial charge on any atom is 0.325 e. The highest BCUT2D eigenvalue weighted by atomic mass is 32.1. The van der Waals surface area contributed by atoms with Crippen LogP contribution in [-0.4, -0.2) is 38.4 Å². The molecule has 2 amide bonds. The van der Waals surface area contributed by atoms with Gasteiger partial charge in [-0.25, -0.2) is 9.78 Å². The van der Waals surface area contributed by atoms with Gasteiger partial charge in [0.15, 0.2) is 0 Å². The number of carbonyl (C=O) groups excluding carboxylic acids is 1. The van der Waals surface area contributed by atoms with E-state index < -0.39 is 5.97 Å². The average molecular weight is 295 g/mol. The monoisotopic (exact) mass is 295 g/mol. The molecular formula is C11H13N5O3S. The van der Waals surface area contributed by atoms with E-state index in [9.17, 15) is 9.59 Å². The fraction of sp³-hybridized carbons (Fsp3) is 0.273. The molecule has 0 bridgehead atoms. The standard InChI is InChI=1S/C11H13N5O3S/c17-10(18)5-16-4-9(3-14-16)15-11(19)12-2-1-8-6-20-7-13-8/h3-4,6-7H,1-2,5H2,(H,17,18)(H2,12,15,19). The molecule has 0 unspecified atom stereocenters. The number of urea groups is 1. The molecule has 8 nitrogen and oxygen atoms in total. The molecule has 9 heteroatoms. The van der Waals surface area contributed by atoms with Gasteiger partial charge in [0.05, 0.1) is 23.1 Å². The van der Waals surface area contributed by atoms with Crippen LogP contribution in [0.25, 0.3) is 0 Å². The van der Waals surface area contributed by atoms with Crippen molar-refractivity contribution in [3.63, 3.8) is 0 Å². The molecule has 2 aromatic heterocycles. The lowest BCUT2D eigenvalue weighted by atomic mass is 10.3. The number of aromatic nitrogens is 3. The van der Waals surface area contributed by atoms with Crippen LogP contribution in [0.5, 0.6) is 0 Å². The van der Waals surface area contributed by atoms with Crippen molar-refractivity contribution in [2.45, 2.75) is 13.0 Å². The summed E-state index contributed by atoms with van der Waals surface area (Å²) in [5.74, 6) is -0.993. The number of anilines is 1. The fourth-order valence-electron chi connectivity index (χ4n) is 1.49. The highest BCUT2D eigenvalue weighted by Gasteiger charge is 2.06. The predicted octanol–water partition coefficient (Wildman–Crippen LogP) is 0.788. The minimum atomic E-state index is -0.993. The minimum absolute atomic E-state index is 0.243. The van der Waals surface area contributed by atoms with Gasteiger partial charge in [0.2, 0.25) is 0 Å². The molecule has 0 aliphatic carbocycles. The van der Waals surface area contributed by atoms with Gasteiger partial charge in [-0.15, -0.1) is 11.3 Å². The molecule has 0 spiro atoms. The largest absolute Gasteiger partial charge is 0.480 e. The van der Waals surface area contributed by atoms with Crippen molar-refractivity contribution < 1.29 is 14.7 Å². The SMILES string of the molecule is O=C(O)Cn1cc(NC(=O)NCCc2cscn2)cn1. The molecule has 2 heterocycles. The number of nitrogens with zero attached hydrogens (tertiary/aromatic N) is 3. The zero-order chi connectivity index (χ0) is 14.4. The van der Waals surface area contributed by atoms with Crippen molar-refractivity contribution >= 4 is 29.0 Å². The molecule has 106 valence electrons. The number of rotatable bonds is 6. The molecular weight excluding hydrogens is 282 g/mol.